The number of para-hydroxylation sites is 1. The van der Waals surface area contributed by atoms with E-state index in [9.17, 15) is 13.2 Å². The molecule has 0 bridgehead atoms. The minimum Gasteiger partial charge on any atom is -0.380 e. The minimum absolute atomic E-state index is 0.0628. The molecule has 1 aliphatic rings. The van der Waals surface area contributed by atoms with Crippen molar-refractivity contribution in [2.24, 2.45) is 0 Å². The SMILES string of the molecule is Cc1ccccc1-n1c(C[n+]2cn(CN3CCN(S(C)(=O)=O)CC3)c3c(N)ncnc32)cc2cccc(C)c2c1=O. The fourth-order valence-electron chi connectivity index (χ4n) is 5.75. The summed E-state index contributed by atoms with van der Waals surface area (Å²) in [6.45, 7) is 6.89. The normalized spacial score (nSPS) is 15.2. The van der Waals surface area contributed by atoms with Gasteiger partial charge in [0.1, 0.15) is 13.2 Å². The monoisotopic (exact) mass is 573 g/mol. The van der Waals surface area contributed by atoms with Crippen molar-refractivity contribution in [1.29, 1.82) is 0 Å². The Balaban J connectivity index is 1.44. The molecule has 0 aliphatic carbocycles. The highest BCUT2D eigenvalue weighted by Crippen LogP contribution is 2.22. The molecule has 2 N–H and O–H groups in total. The third-order valence-corrected chi connectivity index (χ3v) is 9.15. The van der Waals surface area contributed by atoms with Gasteiger partial charge in [0.15, 0.2) is 18.5 Å². The highest BCUT2D eigenvalue weighted by molar-refractivity contribution is 7.88. The van der Waals surface area contributed by atoms with E-state index in [2.05, 4.69) is 20.9 Å². The Morgan fingerprint density at radius 3 is 2.44 bits per heavy atom. The van der Waals surface area contributed by atoms with Crippen molar-refractivity contribution in [3.63, 3.8) is 0 Å². The number of benzene rings is 2. The third-order valence-electron chi connectivity index (χ3n) is 7.84. The van der Waals surface area contributed by atoms with Crippen molar-refractivity contribution in [3.8, 4) is 5.69 Å². The maximum absolute atomic E-state index is 14.0. The molecule has 212 valence electrons. The van der Waals surface area contributed by atoms with Gasteiger partial charge in [0, 0.05) is 26.2 Å². The average Bonchev–Trinajstić information content (AvgIpc) is 3.27. The molecule has 0 unspecified atom stereocenters. The van der Waals surface area contributed by atoms with E-state index in [1.54, 1.807) is 4.57 Å². The van der Waals surface area contributed by atoms with Crippen LogP contribution in [0.3, 0.4) is 0 Å². The van der Waals surface area contributed by atoms with Gasteiger partial charge in [0.05, 0.1) is 23.0 Å². The van der Waals surface area contributed by atoms with Crippen LogP contribution >= 0.6 is 0 Å². The number of nitrogens with two attached hydrogens (primary N) is 1. The van der Waals surface area contributed by atoms with Gasteiger partial charge in [-0.05, 0) is 42.5 Å². The zero-order valence-electron chi connectivity index (χ0n) is 23.4. The molecule has 0 atom stereocenters. The van der Waals surface area contributed by atoms with E-state index in [0.29, 0.717) is 61.8 Å². The molecule has 41 heavy (non-hydrogen) atoms. The fraction of sp³-hybridized carbons (Fsp3) is 0.310. The molecule has 0 amide bonds. The van der Waals surface area contributed by atoms with Gasteiger partial charge in [0.25, 0.3) is 5.56 Å². The van der Waals surface area contributed by atoms with Gasteiger partial charge in [-0.3, -0.25) is 14.3 Å². The summed E-state index contributed by atoms with van der Waals surface area (Å²) < 4.78 is 31.2. The third kappa shape index (κ3) is 4.98. The summed E-state index contributed by atoms with van der Waals surface area (Å²) in [6.07, 6.45) is 4.64. The van der Waals surface area contributed by atoms with E-state index < -0.39 is 10.0 Å². The van der Waals surface area contributed by atoms with Crippen LogP contribution in [0.1, 0.15) is 16.8 Å². The molecule has 11 nitrogen and oxygen atoms in total. The number of fused-ring (bicyclic) bond motifs is 2. The van der Waals surface area contributed by atoms with Crippen molar-refractivity contribution in [3.05, 3.63) is 88.4 Å². The molecule has 6 rings (SSSR count). The van der Waals surface area contributed by atoms with E-state index in [1.165, 1.54) is 16.9 Å². The van der Waals surface area contributed by atoms with Gasteiger partial charge in [0.2, 0.25) is 15.5 Å². The number of nitrogens with zero attached hydrogens (tertiary/aromatic N) is 7. The second-order valence-corrected chi connectivity index (χ2v) is 12.7. The van der Waals surface area contributed by atoms with E-state index in [1.807, 2.05) is 71.8 Å². The topological polar surface area (TPSA) is 123 Å². The van der Waals surface area contributed by atoms with Crippen LogP contribution in [0.15, 0.2) is 66.0 Å². The number of hydrogen-bond acceptors (Lipinski definition) is 7. The van der Waals surface area contributed by atoms with Crippen LogP contribution in [0.25, 0.3) is 27.6 Å². The van der Waals surface area contributed by atoms with E-state index in [4.69, 9.17) is 5.73 Å². The number of rotatable bonds is 6. The maximum Gasteiger partial charge on any atom is 0.307 e. The van der Waals surface area contributed by atoms with Gasteiger partial charge in [-0.15, -0.1) is 0 Å². The number of pyridine rings is 1. The molecule has 0 radical (unpaired) electrons. The Hall–Kier alpha value is -4.13. The lowest BCUT2D eigenvalue weighted by atomic mass is 10.1. The predicted molar refractivity (Wildman–Crippen MR) is 158 cm³/mol. The van der Waals surface area contributed by atoms with Crippen LogP contribution in [0, 0.1) is 13.8 Å². The number of sulfonamides is 1. The van der Waals surface area contributed by atoms with Crippen molar-refractivity contribution >= 4 is 37.8 Å². The summed E-state index contributed by atoms with van der Waals surface area (Å²) in [5.74, 6) is 0.356. The summed E-state index contributed by atoms with van der Waals surface area (Å²) in [5.41, 5.74) is 11.2. The first-order valence-electron chi connectivity index (χ1n) is 13.5. The minimum atomic E-state index is -3.22. The number of anilines is 1. The summed E-state index contributed by atoms with van der Waals surface area (Å²) in [6, 6.07) is 15.9. The predicted octanol–water partition coefficient (Wildman–Crippen LogP) is 1.80. The number of aromatic nitrogens is 5. The lowest BCUT2D eigenvalue weighted by Gasteiger charge is -2.32. The molecule has 5 aromatic rings. The standard InChI is InChI=1S/C29H33N8O3S/c1-20-7-4-5-10-24(20)37-23(15-22-9-6-8-21(2)25(22)29(37)38)16-34-19-35(26-27(30)31-17-32-28(26)34)18-33-11-13-36(14-12-33)41(3,39)40/h4-10,15,17,19H,11-14,16,18H2,1-3H3,(H2,30,31,32)/q+1. The highest BCUT2D eigenvalue weighted by Gasteiger charge is 2.27. The molecule has 4 heterocycles. The van der Waals surface area contributed by atoms with Gasteiger partial charge in [-0.25, -0.2) is 17.6 Å². The molecule has 1 aliphatic heterocycles. The van der Waals surface area contributed by atoms with E-state index >= 15 is 0 Å². The van der Waals surface area contributed by atoms with Crippen LogP contribution in [-0.4, -0.2) is 69.2 Å². The number of nitrogen functional groups attached to an aromatic ring is 1. The van der Waals surface area contributed by atoms with E-state index in [0.717, 1.165) is 27.9 Å². The average molecular weight is 574 g/mol. The number of imidazole rings is 1. The summed E-state index contributed by atoms with van der Waals surface area (Å²) in [5, 5.41) is 1.59. The van der Waals surface area contributed by atoms with Crippen LogP contribution in [0.2, 0.25) is 0 Å². The second-order valence-electron chi connectivity index (χ2n) is 10.7. The molecule has 1 fully saturated rings. The lowest BCUT2D eigenvalue weighted by Crippen LogP contribution is -2.48. The van der Waals surface area contributed by atoms with Crippen LogP contribution in [0.5, 0.6) is 0 Å². The maximum atomic E-state index is 14.0. The quantitative estimate of drug-likeness (QED) is 0.307. The molecule has 12 heteroatoms. The summed E-state index contributed by atoms with van der Waals surface area (Å²) in [4.78, 5) is 25.0. The largest absolute Gasteiger partial charge is 0.380 e. The van der Waals surface area contributed by atoms with Gasteiger partial charge >= 0.3 is 5.65 Å². The molecule has 1 saturated heterocycles. The number of piperazine rings is 1. The Labute approximate surface area is 238 Å². The van der Waals surface area contributed by atoms with Crippen molar-refractivity contribution in [1.82, 2.24) is 28.3 Å². The molecule has 2 aromatic carbocycles. The molecular weight excluding hydrogens is 540 g/mol. The first-order chi connectivity index (χ1) is 19.6. The Morgan fingerprint density at radius 1 is 0.976 bits per heavy atom. The molecular formula is C29H33N8O3S+. The number of hydrogen-bond donors (Lipinski definition) is 1. The van der Waals surface area contributed by atoms with Crippen LogP contribution < -0.4 is 15.9 Å². The first-order valence-corrected chi connectivity index (χ1v) is 15.3. The van der Waals surface area contributed by atoms with Crippen molar-refractivity contribution in [2.75, 3.05) is 38.2 Å². The van der Waals surface area contributed by atoms with Crippen LogP contribution in [0.4, 0.5) is 5.82 Å². The second kappa shape index (κ2) is 10.4. The smallest absolute Gasteiger partial charge is 0.307 e. The van der Waals surface area contributed by atoms with Gasteiger partial charge in [-0.2, -0.15) is 9.29 Å². The summed E-state index contributed by atoms with van der Waals surface area (Å²) >= 11 is 0. The Bertz CT molecular complexity index is 1960. The van der Waals surface area contributed by atoms with Gasteiger partial charge in [-0.1, -0.05) is 41.4 Å². The van der Waals surface area contributed by atoms with Crippen molar-refractivity contribution < 1.29 is 13.0 Å². The van der Waals surface area contributed by atoms with Crippen molar-refractivity contribution in [2.45, 2.75) is 27.1 Å². The molecule has 0 spiro atoms. The lowest BCUT2D eigenvalue weighted by molar-refractivity contribution is -0.665. The van der Waals surface area contributed by atoms with E-state index in [-0.39, 0.29) is 5.56 Å². The Kier molecular flexibility index (Phi) is 6.84. The first kappa shape index (κ1) is 27.1. The Morgan fingerprint density at radius 2 is 1.71 bits per heavy atom. The van der Waals surface area contributed by atoms with Crippen LogP contribution in [-0.2, 0) is 23.2 Å². The molecule has 3 aromatic heterocycles. The number of aryl methyl sites for hydroxylation is 2. The zero-order valence-corrected chi connectivity index (χ0v) is 24.2. The molecule has 0 saturated carbocycles. The van der Waals surface area contributed by atoms with Gasteiger partial charge < -0.3 is 5.73 Å². The zero-order chi connectivity index (χ0) is 28.9. The summed E-state index contributed by atoms with van der Waals surface area (Å²) in [7, 11) is -3.22. The highest BCUT2D eigenvalue weighted by atomic mass is 32.2. The fourth-order valence-corrected chi connectivity index (χ4v) is 6.58.